The molecule has 2 aliphatic heterocycles. The number of aryl methyl sites for hydroxylation is 2. The van der Waals surface area contributed by atoms with Crippen molar-refractivity contribution in [3.05, 3.63) is 70.8 Å². The largest absolute Gasteiger partial charge is 0.394 e. The summed E-state index contributed by atoms with van der Waals surface area (Å²) in [5.74, 6) is 0. The maximum atomic E-state index is 10.5. The van der Waals surface area contributed by atoms with Gasteiger partial charge in [-0.3, -0.25) is 0 Å². The van der Waals surface area contributed by atoms with Gasteiger partial charge in [0, 0.05) is 11.1 Å². The van der Waals surface area contributed by atoms with E-state index in [2.05, 4.69) is 32.0 Å². The highest BCUT2D eigenvalue weighted by atomic mass is 16.8. The average molecular weight is 414 g/mol. The van der Waals surface area contributed by atoms with Crippen LogP contribution >= 0.6 is 0 Å². The van der Waals surface area contributed by atoms with Crippen LogP contribution < -0.4 is 0 Å². The summed E-state index contributed by atoms with van der Waals surface area (Å²) in [6.45, 7) is 4.08. The van der Waals surface area contributed by atoms with Crippen LogP contribution in [0, 0.1) is 0 Å². The predicted octanol–water partition coefficient (Wildman–Crippen LogP) is 3.06. The Morgan fingerprint density at radius 3 is 2.13 bits per heavy atom. The van der Waals surface area contributed by atoms with Crippen molar-refractivity contribution in [2.75, 3.05) is 13.2 Å². The van der Waals surface area contributed by atoms with Gasteiger partial charge in [-0.05, 0) is 24.0 Å². The molecule has 0 radical (unpaired) electrons. The number of benzene rings is 2. The van der Waals surface area contributed by atoms with E-state index in [1.54, 1.807) is 0 Å². The van der Waals surface area contributed by atoms with Gasteiger partial charge in [-0.2, -0.15) is 0 Å². The lowest BCUT2D eigenvalue weighted by Crippen LogP contribution is -2.58. The minimum absolute atomic E-state index is 0.313. The summed E-state index contributed by atoms with van der Waals surface area (Å²) in [5.41, 5.74) is 4.16. The van der Waals surface area contributed by atoms with Gasteiger partial charge in [0.1, 0.15) is 24.4 Å². The summed E-state index contributed by atoms with van der Waals surface area (Å²) in [7, 11) is 0. The van der Waals surface area contributed by atoms with E-state index in [0.717, 1.165) is 24.0 Å². The molecule has 6 heteroatoms. The lowest BCUT2D eigenvalue weighted by atomic mass is 9.99. The number of hydrogen-bond acceptors (Lipinski definition) is 6. The van der Waals surface area contributed by atoms with Gasteiger partial charge in [0.15, 0.2) is 12.6 Å². The van der Waals surface area contributed by atoms with E-state index < -0.39 is 43.6 Å². The fraction of sp³-hybridized carbons (Fsp3) is 0.500. The van der Waals surface area contributed by atoms with Crippen molar-refractivity contribution in [1.29, 1.82) is 0 Å². The van der Waals surface area contributed by atoms with Crippen molar-refractivity contribution < 1.29 is 29.2 Å². The van der Waals surface area contributed by atoms with Gasteiger partial charge < -0.3 is 29.2 Å². The molecule has 0 aromatic heterocycles. The second-order valence-electron chi connectivity index (χ2n) is 7.82. The Morgan fingerprint density at radius 1 is 0.900 bits per heavy atom. The lowest BCUT2D eigenvalue weighted by molar-refractivity contribution is -0.373. The zero-order valence-corrected chi connectivity index (χ0v) is 17.4. The Bertz CT molecular complexity index is 838. The number of rotatable bonds is 6. The first-order valence-electron chi connectivity index (χ1n) is 10.7. The first kappa shape index (κ1) is 21.4. The minimum atomic E-state index is -1.08. The Kier molecular flexibility index (Phi) is 6.83. The Morgan fingerprint density at radius 2 is 1.53 bits per heavy atom. The van der Waals surface area contributed by atoms with Crippen LogP contribution in [0.4, 0.5) is 0 Å². The molecule has 2 heterocycles. The molecule has 2 aliphatic rings. The van der Waals surface area contributed by atoms with Crippen LogP contribution in [0.15, 0.2) is 48.5 Å². The van der Waals surface area contributed by atoms with Crippen LogP contribution in [-0.2, 0) is 31.8 Å². The minimum Gasteiger partial charge on any atom is -0.394 e. The van der Waals surface area contributed by atoms with E-state index in [0.29, 0.717) is 6.61 Å². The van der Waals surface area contributed by atoms with Crippen molar-refractivity contribution in [3.8, 4) is 0 Å². The Hall–Kier alpha value is -1.80. The van der Waals surface area contributed by atoms with Crippen LogP contribution in [-0.4, -0.2) is 47.8 Å². The van der Waals surface area contributed by atoms with Crippen LogP contribution in [0.2, 0.25) is 0 Å². The third kappa shape index (κ3) is 4.44. The van der Waals surface area contributed by atoms with E-state index in [4.69, 9.17) is 18.9 Å². The van der Waals surface area contributed by atoms with Crippen molar-refractivity contribution in [2.24, 2.45) is 0 Å². The van der Waals surface area contributed by atoms with Crippen molar-refractivity contribution in [3.63, 3.8) is 0 Å². The first-order chi connectivity index (χ1) is 14.6. The highest BCUT2D eigenvalue weighted by molar-refractivity contribution is 5.26. The van der Waals surface area contributed by atoms with E-state index >= 15 is 0 Å². The zero-order valence-electron chi connectivity index (χ0n) is 17.4. The standard InChI is InChI=1S/C24H30O6/c1-3-15-7-5-9-17(11-15)23-27-14-20-22(30-23)21(19(26)13-25)29-24(28-20)18-10-6-8-16(4-2)12-18/h5-12,19-26H,3-4,13-14H2,1-2H3/t19-,20+,21-,22-,23?,24?/m1/s1. The van der Waals surface area contributed by atoms with Gasteiger partial charge in [0.05, 0.1) is 13.2 Å². The third-order valence-corrected chi connectivity index (χ3v) is 5.79. The normalized spacial score (nSPS) is 29.9. The predicted molar refractivity (Wildman–Crippen MR) is 111 cm³/mol. The van der Waals surface area contributed by atoms with Crippen molar-refractivity contribution in [1.82, 2.24) is 0 Å². The van der Waals surface area contributed by atoms with Gasteiger partial charge in [0.2, 0.25) is 0 Å². The number of hydrogen-bond donors (Lipinski definition) is 2. The molecule has 0 aliphatic carbocycles. The molecular weight excluding hydrogens is 384 g/mol. The molecule has 0 bridgehead atoms. The SMILES string of the molecule is CCc1cccc(C2OC[C@@H]3OC(c4cccc(CC)c4)O[C@H]([C@H](O)CO)[C@@H]3O2)c1. The quantitative estimate of drug-likeness (QED) is 0.757. The molecule has 4 rings (SSSR count). The van der Waals surface area contributed by atoms with Gasteiger partial charge in [0.25, 0.3) is 0 Å². The summed E-state index contributed by atoms with van der Waals surface area (Å²) < 4.78 is 24.4. The smallest absolute Gasteiger partial charge is 0.184 e. The number of aliphatic hydroxyl groups excluding tert-OH is 2. The topological polar surface area (TPSA) is 77.4 Å². The zero-order chi connectivity index (χ0) is 21.1. The molecule has 0 spiro atoms. The highest BCUT2D eigenvalue weighted by Gasteiger charge is 2.48. The molecule has 2 unspecified atom stereocenters. The molecule has 0 amide bonds. The van der Waals surface area contributed by atoms with Gasteiger partial charge >= 0.3 is 0 Å². The van der Waals surface area contributed by atoms with E-state index in [-0.39, 0.29) is 0 Å². The monoisotopic (exact) mass is 414 g/mol. The van der Waals surface area contributed by atoms with Crippen LogP contribution in [0.5, 0.6) is 0 Å². The van der Waals surface area contributed by atoms with E-state index in [1.165, 1.54) is 11.1 Å². The fourth-order valence-electron chi connectivity index (χ4n) is 4.03. The van der Waals surface area contributed by atoms with Gasteiger partial charge in [-0.1, -0.05) is 62.4 Å². The van der Waals surface area contributed by atoms with Gasteiger partial charge in [-0.25, -0.2) is 0 Å². The molecule has 0 saturated carbocycles. The van der Waals surface area contributed by atoms with Crippen molar-refractivity contribution in [2.45, 2.75) is 63.7 Å². The third-order valence-electron chi connectivity index (χ3n) is 5.79. The summed E-state index contributed by atoms with van der Waals surface area (Å²) in [6, 6.07) is 16.1. The Labute approximate surface area is 177 Å². The maximum absolute atomic E-state index is 10.5. The number of ether oxygens (including phenoxy) is 4. The molecule has 30 heavy (non-hydrogen) atoms. The molecule has 2 aromatic carbocycles. The molecular formula is C24H30O6. The highest BCUT2D eigenvalue weighted by Crippen LogP contribution is 2.39. The van der Waals surface area contributed by atoms with Crippen LogP contribution in [0.25, 0.3) is 0 Å². The van der Waals surface area contributed by atoms with E-state index in [9.17, 15) is 10.2 Å². The van der Waals surface area contributed by atoms with Crippen LogP contribution in [0.1, 0.15) is 48.7 Å². The van der Waals surface area contributed by atoms with Crippen LogP contribution in [0.3, 0.4) is 0 Å². The summed E-state index contributed by atoms with van der Waals surface area (Å²) in [6.07, 6.45) is -2.19. The second kappa shape index (κ2) is 9.56. The molecule has 2 aromatic rings. The second-order valence-corrected chi connectivity index (χ2v) is 7.82. The van der Waals surface area contributed by atoms with Gasteiger partial charge in [-0.15, -0.1) is 0 Å². The molecule has 162 valence electrons. The summed E-state index contributed by atoms with van der Waals surface area (Å²) in [5, 5.41) is 20.1. The fourth-order valence-corrected chi connectivity index (χ4v) is 4.03. The summed E-state index contributed by atoms with van der Waals surface area (Å²) >= 11 is 0. The number of fused-ring (bicyclic) bond motifs is 1. The summed E-state index contributed by atoms with van der Waals surface area (Å²) in [4.78, 5) is 0. The average Bonchev–Trinajstić information content (AvgIpc) is 2.82. The van der Waals surface area contributed by atoms with E-state index in [1.807, 2.05) is 30.3 Å². The molecule has 2 saturated heterocycles. The number of aliphatic hydroxyl groups is 2. The molecule has 2 N–H and O–H groups in total. The molecule has 6 nitrogen and oxygen atoms in total. The van der Waals surface area contributed by atoms with Crippen molar-refractivity contribution >= 4 is 0 Å². The first-order valence-corrected chi connectivity index (χ1v) is 10.7. The Balaban J connectivity index is 1.56. The maximum Gasteiger partial charge on any atom is 0.184 e. The molecule has 2 fully saturated rings. The molecule has 6 atom stereocenters. The lowest BCUT2D eigenvalue weighted by Gasteiger charge is -2.47.